The second-order valence-corrected chi connectivity index (χ2v) is 6.16. The van der Waals surface area contributed by atoms with Crippen LogP contribution >= 0.6 is 0 Å². The van der Waals surface area contributed by atoms with Crippen LogP contribution in [-0.2, 0) is 28.8 Å². The number of nitrogens with zero attached hydrogens (tertiary/aromatic N) is 2. The third-order valence-electron chi connectivity index (χ3n) is 4.23. The lowest BCUT2D eigenvalue weighted by atomic mass is 9.95. The van der Waals surface area contributed by atoms with Gasteiger partial charge in [-0.2, -0.15) is 18.3 Å². The molecular formula is C19H24F3N3O2. The molecule has 0 atom stereocenters. The number of aryl methyl sites for hydroxylation is 1. The summed E-state index contributed by atoms with van der Waals surface area (Å²) in [6.45, 7) is 8.36. The summed E-state index contributed by atoms with van der Waals surface area (Å²) in [5, 5.41) is 7.45. The van der Waals surface area contributed by atoms with Gasteiger partial charge in [-0.3, -0.25) is 9.48 Å². The lowest BCUT2D eigenvalue weighted by Gasteiger charge is -2.15. The van der Waals surface area contributed by atoms with Crippen LogP contribution in [0.3, 0.4) is 0 Å². The number of halogens is 3. The summed E-state index contributed by atoms with van der Waals surface area (Å²) in [6, 6.07) is 3.72. The molecule has 0 aliphatic carbocycles. The highest BCUT2D eigenvalue weighted by molar-refractivity contribution is 5.74. The summed E-state index contributed by atoms with van der Waals surface area (Å²) in [6.07, 6.45) is -4.41. The maximum Gasteiger partial charge on any atom is 0.416 e. The molecule has 0 saturated heterocycles. The molecule has 5 nitrogen and oxygen atoms in total. The smallest absolute Gasteiger partial charge is 0.416 e. The van der Waals surface area contributed by atoms with Crippen LogP contribution in [0.4, 0.5) is 13.2 Å². The van der Waals surface area contributed by atoms with Crippen molar-refractivity contribution in [2.75, 3.05) is 13.2 Å². The molecule has 0 aliphatic rings. The van der Waals surface area contributed by atoms with Crippen molar-refractivity contribution in [3.05, 3.63) is 40.7 Å². The van der Waals surface area contributed by atoms with E-state index in [0.717, 1.165) is 11.6 Å². The monoisotopic (exact) mass is 383 g/mol. The predicted octanol–water partition coefficient (Wildman–Crippen LogP) is 3.86. The van der Waals surface area contributed by atoms with Gasteiger partial charge in [0.05, 0.1) is 17.9 Å². The van der Waals surface area contributed by atoms with Gasteiger partial charge in [0.2, 0.25) is 0 Å². The van der Waals surface area contributed by atoms with Crippen LogP contribution in [0, 0.1) is 13.8 Å². The van der Waals surface area contributed by atoms with Gasteiger partial charge in [-0.05, 0) is 50.6 Å². The summed E-state index contributed by atoms with van der Waals surface area (Å²) < 4.78 is 45.8. The Hall–Kier alpha value is -2.35. The molecule has 2 aromatic rings. The van der Waals surface area contributed by atoms with Crippen molar-refractivity contribution in [1.29, 1.82) is 0 Å². The Balaban J connectivity index is 2.50. The minimum absolute atomic E-state index is 0.0380. The van der Waals surface area contributed by atoms with Crippen molar-refractivity contribution in [2.24, 2.45) is 0 Å². The van der Waals surface area contributed by atoms with Gasteiger partial charge in [-0.15, -0.1) is 0 Å². The van der Waals surface area contributed by atoms with E-state index >= 15 is 0 Å². The highest BCUT2D eigenvalue weighted by Gasteiger charge is 2.31. The Morgan fingerprint density at radius 2 is 1.96 bits per heavy atom. The van der Waals surface area contributed by atoms with Gasteiger partial charge in [-0.25, -0.2) is 0 Å². The van der Waals surface area contributed by atoms with E-state index in [0.29, 0.717) is 35.6 Å². The molecule has 0 radical (unpaired) electrons. The molecule has 27 heavy (non-hydrogen) atoms. The van der Waals surface area contributed by atoms with Gasteiger partial charge in [0.15, 0.2) is 0 Å². The molecule has 0 saturated carbocycles. The molecule has 1 aromatic carbocycles. The van der Waals surface area contributed by atoms with E-state index in [4.69, 9.17) is 4.74 Å². The predicted molar refractivity (Wildman–Crippen MR) is 96.2 cm³/mol. The molecule has 148 valence electrons. The average molecular weight is 383 g/mol. The minimum Gasteiger partial charge on any atom is -0.465 e. The molecule has 2 rings (SSSR count). The van der Waals surface area contributed by atoms with Crippen molar-refractivity contribution in [3.63, 3.8) is 0 Å². The number of ether oxygens (including phenoxy) is 1. The Kier molecular flexibility index (Phi) is 6.64. The highest BCUT2D eigenvalue weighted by Crippen LogP contribution is 2.35. The van der Waals surface area contributed by atoms with E-state index in [1.165, 1.54) is 16.8 Å². The van der Waals surface area contributed by atoms with E-state index in [9.17, 15) is 18.0 Å². The van der Waals surface area contributed by atoms with Crippen LogP contribution < -0.4 is 5.32 Å². The van der Waals surface area contributed by atoms with E-state index in [1.54, 1.807) is 20.8 Å². The second-order valence-electron chi connectivity index (χ2n) is 6.16. The number of rotatable bonds is 7. The maximum absolute atomic E-state index is 13.1. The third-order valence-corrected chi connectivity index (χ3v) is 4.23. The number of alkyl halides is 3. The number of aromatic nitrogens is 2. The van der Waals surface area contributed by atoms with Gasteiger partial charge >= 0.3 is 12.1 Å². The molecule has 1 heterocycles. The van der Waals surface area contributed by atoms with Crippen LogP contribution in [0.1, 0.15) is 36.4 Å². The Morgan fingerprint density at radius 3 is 2.56 bits per heavy atom. The Morgan fingerprint density at radius 1 is 1.26 bits per heavy atom. The topological polar surface area (TPSA) is 56.2 Å². The van der Waals surface area contributed by atoms with Gasteiger partial charge in [0.1, 0.15) is 6.54 Å². The number of esters is 1. The van der Waals surface area contributed by atoms with Crippen LogP contribution in [0.25, 0.3) is 11.1 Å². The van der Waals surface area contributed by atoms with Crippen LogP contribution in [-0.4, -0.2) is 28.9 Å². The molecule has 0 unspecified atom stereocenters. The zero-order valence-corrected chi connectivity index (χ0v) is 15.9. The lowest BCUT2D eigenvalue weighted by molar-refractivity contribution is -0.144. The number of carbonyl (C=O) groups excluding carboxylic acids is 1. The zero-order chi connectivity index (χ0) is 20.2. The Labute approximate surface area is 156 Å². The first-order valence-corrected chi connectivity index (χ1v) is 8.79. The molecule has 0 fully saturated rings. The van der Waals surface area contributed by atoms with Gasteiger partial charge in [-0.1, -0.05) is 13.0 Å². The Bertz CT molecular complexity index is 813. The number of benzene rings is 1. The molecule has 8 heteroatoms. The molecular weight excluding hydrogens is 359 g/mol. The molecule has 0 amide bonds. The first-order chi connectivity index (χ1) is 12.7. The zero-order valence-electron chi connectivity index (χ0n) is 15.9. The van der Waals surface area contributed by atoms with Gasteiger partial charge in [0.25, 0.3) is 0 Å². The summed E-state index contributed by atoms with van der Waals surface area (Å²) in [7, 11) is 0. The average Bonchev–Trinajstić information content (AvgIpc) is 2.85. The van der Waals surface area contributed by atoms with E-state index in [2.05, 4.69) is 10.4 Å². The van der Waals surface area contributed by atoms with Crippen molar-refractivity contribution in [1.82, 2.24) is 15.1 Å². The summed E-state index contributed by atoms with van der Waals surface area (Å²) in [5.74, 6) is -0.407. The fourth-order valence-electron chi connectivity index (χ4n) is 2.99. The molecule has 1 aromatic heterocycles. The largest absolute Gasteiger partial charge is 0.465 e. The second kappa shape index (κ2) is 8.56. The number of hydrogen-bond acceptors (Lipinski definition) is 4. The molecule has 0 bridgehead atoms. The van der Waals surface area contributed by atoms with Crippen LogP contribution in [0.2, 0.25) is 0 Å². The highest BCUT2D eigenvalue weighted by atomic mass is 19.4. The summed E-state index contributed by atoms with van der Waals surface area (Å²) >= 11 is 0. The van der Waals surface area contributed by atoms with Crippen molar-refractivity contribution >= 4 is 5.97 Å². The van der Waals surface area contributed by atoms with E-state index < -0.39 is 17.7 Å². The molecule has 0 spiro atoms. The van der Waals surface area contributed by atoms with E-state index in [1.807, 2.05) is 6.92 Å². The SMILES string of the molecule is CCNCc1cc(C(F)(F)F)ccc1-c1c(C)nn(CC(=O)OCC)c1C. The first kappa shape index (κ1) is 21.0. The fourth-order valence-corrected chi connectivity index (χ4v) is 2.99. The summed E-state index contributed by atoms with van der Waals surface area (Å²) in [4.78, 5) is 11.8. The lowest BCUT2D eigenvalue weighted by Crippen LogP contribution is -2.16. The van der Waals surface area contributed by atoms with Crippen molar-refractivity contribution in [3.8, 4) is 11.1 Å². The van der Waals surface area contributed by atoms with Crippen LogP contribution in [0.15, 0.2) is 18.2 Å². The normalized spacial score (nSPS) is 11.7. The first-order valence-electron chi connectivity index (χ1n) is 8.79. The van der Waals surface area contributed by atoms with Crippen molar-refractivity contribution < 1.29 is 22.7 Å². The summed E-state index contributed by atoms with van der Waals surface area (Å²) in [5.41, 5.74) is 2.62. The number of nitrogens with one attached hydrogen (secondary N) is 1. The molecule has 1 N–H and O–H groups in total. The van der Waals surface area contributed by atoms with Gasteiger partial charge < -0.3 is 10.1 Å². The van der Waals surface area contributed by atoms with Crippen molar-refractivity contribution in [2.45, 2.75) is 47.0 Å². The number of carbonyl (C=O) groups is 1. The van der Waals surface area contributed by atoms with E-state index in [-0.39, 0.29) is 13.2 Å². The third kappa shape index (κ3) is 4.88. The number of hydrogen-bond donors (Lipinski definition) is 1. The van der Waals surface area contributed by atoms with Gasteiger partial charge in [0, 0.05) is 17.8 Å². The minimum atomic E-state index is -4.41. The fraction of sp³-hybridized carbons (Fsp3) is 0.474. The quantitative estimate of drug-likeness (QED) is 0.738. The van der Waals surface area contributed by atoms with Crippen LogP contribution in [0.5, 0.6) is 0 Å². The maximum atomic E-state index is 13.1. The standard InChI is InChI=1S/C19H24F3N3O2/c1-5-23-10-14-9-15(19(20,21)22)7-8-16(14)18-12(3)24-25(13(18)4)11-17(26)27-6-2/h7-9,23H,5-6,10-11H2,1-4H3. The molecule has 0 aliphatic heterocycles.